The molecule has 100 valence electrons. The van der Waals surface area contributed by atoms with Gasteiger partial charge in [0.1, 0.15) is 12.1 Å². The fourth-order valence-corrected chi connectivity index (χ4v) is 2.04. The number of hydrogen-bond donors (Lipinski definition) is 1. The fourth-order valence-electron chi connectivity index (χ4n) is 2.04. The average Bonchev–Trinajstić information content (AvgIpc) is 2.84. The highest BCUT2D eigenvalue weighted by atomic mass is 19.1. The van der Waals surface area contributed by atoms with Crippen molar-refractivity contribution in [1.29, 1.82) is 0 Å². The Morgan fingerprint density at radius 3 is 2.65 bits per heavy atom. The Morgan fingerprint density at radius 1 is 1.20 bits per heavy atom. The van der Waals surface area contributed by atoms with Crippen LogP contribution in [0.2, 0.25) is 0 Å². The second-order valence-corrected chi connectivity index (χ2v) is 4.39. The molecule has 3 rings (SSSR count). The number of anilines is 1. The topological polar surface area (TPSA) is 55.1 Å². The minimum absolute atomic E-state index is 0.126. The highest BCUT2D eigenvalue weighted by Crippen LogP contribution is 2.22. The number of amides is 1. The van der Waals surface area contributed by atoms with Gasteiger partial charge in [0.15, 0.2) is 0 Å². The van der Waals surface area contributed by atoms with E-state index in [1.54, 1.807) is 31.2 Å². The molecule has 0 atom stereocenters. The van der Waals surface area contributed by atoms with Crippen molar-refractivity contribution in [3.05, 3.63) is 59.7 Å². The van der Waals surface area contributed by atoms with E-state index in [0.29, 0.717) is 22.0 Å². The Morgan fingerprint density at radius 2 is 1.95 bits per heavy atom. The van der Waals surface area contributed by atoms with E-state index < -0.39 is 0 Å². The lowest BCUT2D eigenvalue weighted by Crippen LogP contribution is -2.12. The first-order valence-corrected chi connectivity index (χ1v) is 6.06. The van der Waals surface area contributed by atoms with Gasteiger partial charge in [-0.1, -0.05) is 24.3 Å². The zero-order chi connectivity index (χ0) is 14.1. The van der Waals surface area contributed by atoms with Gasteiger partial charge in [0.05, 0.1) is 5.69 Å². The van der Waals surface area contributed by atoms with Crippen LogP contribution in [0.15, 0.2) is 47.1 Å². The molecule has 4 nitrogen and oxygen atoms in total. The second kappa shape index (κ2) is 4.77. The minimum Gasteiger partial charge on any atom is -0.432 e. The quantitative estimate of drug-likeness (QED) is 0.775. The van der Waals surface area contributed by atoms with Gasteiger partial charge in [-0.3, -0.25) is 10.1 Å². The van der Waals surface area contributed by atoms with Gasteiger partial charge in [-0.15, -0.1) is 0 Å². The molecule has 0 bridgehead atoms. The van der Waals surface area contributed by atoms with E-state index in [9.17, 15) is 9.18 Å². The van der Waals surface area contributed by atoms with Gasteiger partial charge in [-0.05, 0) is 24.4 Å². The van der Waals surface area contributed by atoms with Crippen molar-refractivity contribution in [3.8, 4) is 0 Å². The summed E-state index contributed by atoms with van der Waals surface area (Å²) in [6.45, 7) is 1.76. The molecule has 1 aromatic heterocycles. The number of fused-ring (bicyclic) bond motifs is 1. The molecule has 0 aliphatic carbocycles. The molecule has 0 aliphatic rings. The van der Waals surface area contributed by atoms with E-state index in [4.69, 9.17) is 4.42 Å². The largest absolute Gasteiger partial charge is 0.432 e. The van der Waals surface area contributed by atoms with Gasteiger partial charge in [0.25, 0.3) is 5.91 Å². The number of nitrogens with zero attached hydrogens (tertiary/aromatic N) is 1. The van der Waals surface area contributed by atoms with Crippen molar-refractivity contribution in [2.24, 2.45) is 0 Å². The lowest BCUT2D eigenvalue weighted by molar-refractivity contribution is 0.102. The third-order valence-electron chi connectivity index (χ3n) is 2.95. The number of aromatic nitrogens is 1. The Hall–Kier alpha value is -2.69. The summed E-state index contributed by atoms with van der Waals surface area (Å²) in [5.41, 5.74) is 1.04. The van der Waals surface area contributed by atoms with Crippen LogP contribution in [-0.4, -0.2) is 10.9 Å². The molecular formula is C15H11FN2O2. The van der Waals surface area contributed by atoms with Gasteiger partial charge in [-0.25, -0.2) is 4.39 Å². The van der Waals surface area contributed by atoms with E-state index in [1.165, 1.54) is 18.4 Å². The van der Waals surface area contributed by atoms with Crippen LogP contribution in [-0.2, 0) is 0 Å². The third-order valence-corrected chi connectivity index (χ3v) is 2.95. The molecular weight excluding hydrogens is 259 g/mol. The highest BCUT2D eigenvalue weighted by Gasteiger charge is 2.14. The van der Waals surface area contributed by atoms with Crippen LogP contribution in [0, 0.1) is 12.7 Å². The maximum Gasteiger partial charge on any atom is 0.301 e. The first kappa shape index (κ1) is 12.3. The number of halogens is 1. The standard InChI is InChI=1S/C15H11FN2O2/c1-9-8-20-15(17-9)18-14(19)12-6-7-13(16)11-5-3-2-4-10(11)12/h2-8H,1H3,(H,17,18,19). The molecule has 0 unspecified atom stereocenters. The van der Waals surface area contributed by atoms with Gasteiger partial charge < -0.3 is 4.42 Å². The first-order valence-electron chi connectivity index (χ1n) is 6.06. The van der Waals surface area contributed by atoms with Crippen molar-refractivity contribution >= 4 is 22.7 Å². The summed E-state index contributed by atoms with van der Waals surface area (Å²) in [6, 6.07) is 9.67. The molecule has 0 saturated carbocycles. The van der Waals surface area contributed by atoms with Crippen LogP contribution in [0.3, 0.4) is 0 Å². The van der Waals surface area contributed by atoms with Crippen molar-refractivity contribution in [2.45, 2.75) is 6.92 Å². The monoisotopic (exact) mass is 270 g/mol. The molecule has 3 aromatic rings. The number of oxazole rings is 1. The number of carbonyl (C=O) groups excluding carboxylic acids is 1. The Kier molecular flexibility index (Phi) is 2.95. The SMILES string of the molecule is Cc1coc(NC(=O)c2ccc(F)c3ccccc23)n1. The van der Waals surface area contributed by atoms with Gasteiger partial charge in [0, 0.05) is 10.9 Å². The summed E-state index contributed by atoms with van der Waals surface area (Å²) in [5.74, 6) is -0.743. The molecule has 0 saturated heterocycles. The van der Waals surface area contributed by atoms with E-state index in [0.717, 1.165) is 0 Å². The van der Waals surface area contributed by atoms with E-state index >= 15 is 0 Å². The lowest BCUT2D eigenvalue weighted by Gasteiger charge is -2.06. The van der Waals surface area contributed by atoms with Crippen LogP contribution in [0.4, 0.5) is 10.4 Å². The van der Waals surface area contributed by atoms with Crippen molar-refractivity contribution < 1.29 is 13.6 Å². The molecule has 0 aliphatic heterocycles. The Labute approximate surface area is 114 Å². The van der Waals surface area contributed by atoms with Crippen molar-refractivity contribution in [2.75, 3.05) is 5.32 Å². The predicted octanol–water partition coefficient (Wildman–Crippen LogP) is 3.53. The third kappa shape index (κ3) is 2.14. The fraction of sp³-hybridized carbons (Fsp3) is 0.0667. The summed E-state index contributed by atoms with van der Waals surface area (Å²) >= 11 is 0. The Bertz CT molecular complexity index is 795. The smallest absolute Gasteiger partial charge is 0.301 e. The summed E-state index contributed by atoms with van der Waals surface area (Å²) in [6.07, 6.45) is 1.44. The van der Waals surface area contributed by atoms with E-state index in [1.807, 2.05) is 0 Å². The van der Waals surface area contributed by atoms with Crippen LogP contribution >= 0.6 is 0 Å². The molecule has 20 heavy (non-hydrogen) atoms. The molecule has 0 spiro atoms. The summed E-state index contributed by atoms with van der Waals surface area (Å²) < 4.78 is 18.8. The van der Waals surface area contributed by atoms with Crippen LogP contribution < -0.4 is 5.32 Å². The number of aryl methyl sites for hydroxylation is 1. The number of hydrogen-bond acceptors (Lipinski definition) is 3. The molecule has 2 aromatic carbocycles. The van der Waals surface area contributed by atoms with Crippen molar-refractivity contribution in [3.63, 3.8) is 0 Å². The summed E-state index contributed by atoms with van der Waals surface area (Å²) in [7, 11) is 0. The lowest BCUT2D eigenvalue weighted by atomic mass is 10.0. The molecule has 1 N–H and O–H groups in total. The van der Waals surface area contributed by atoms with Crippen LogP contribution in [0.1, 0.15) is 16.1 Å². The molecule has 5 heteroatoms. The molecule has 0 radical (unpaired) electrons. The zero-order valence-electron chi connectivity index (χ0n) is 10.7. The molecule has 1 heterocycles. The van der Waals surface area contributed by atoms with Crippen LogP contribution in [0.5, 0.6) is 0 Å². The summed E-state index contributed by atoms with van der Waals surface area (Å²) in [5, 5.41) is 3.51. The number of rotatable bonds is 2. The predicted molar refractivity (Wildman–Crippen MR) is 73.1 cm³/mol. The second-order valence-electron chi connectivity index (χ2n) is 4.39. The maximum atomic E-state index is 13.7. The minimum atomic E-state index is -0.386. The number of nitrogens with one attached hydrogen (secondary N) is 1. The van der Waals surface area contributed by atoms with Crippen LogP contribution in [0.25, 0.3) is 10.8 Å². The normalized spacial score (nSPS) is 10.7. The molecule has 1 amide bonds. The van der Waals surface area contributed by atoms with Gasteiger partial charge >= 0.3 is 6.01 Å². The number of carbonyl (C=O) groups is 1. The van der Waals surface area contributed by atoms with E-state index in [-0.39, 0.29) is 17.7 Å². The van der Waals surface area contributed by atoms with Crippen molar-refractivity contribution in [1.82, 2.24) is 4.98 Å². The zero-order valence-corrected chi connectivity index (χ0v) is 10.7. The van der Waals surface area contributed by atoms with Gasteiger partial charge in [-0.2, -0.15) is 4.98 Å². The highest BCUT2D eigenvalue weighted by molar-refractivity contribution is 6.12. The first-order chi connectivity index (χ1) is 9.65. The van der Waals surface area contributed by atoms with Gasteiger partial charge in [0.2, 0.25) is 0 Å². The average molecular weight is 270 g/mol. The Balaban J connectivity index is 2.01. The maximum absolute atomic E-state index is 13.7. The van der Waals surface area contributed by atoms with E-state index in [2.05, 4.69) is 10.3 Å². The number of benzene rings is 2. The molecule has 0 fully saturated rings. The summed E-state index contributed by atoms with van der Waals surface area (Å²) in [4.78, 5) is 16.2.